The average Bonchev–Trinajstić information content (AvgIpc) is 3.21. The summed E-state index contributed by atoms with van der Waals surface area (Å²) in [5, 5.41) is 1.08. The quantitative estimate of drug-likeness (QED) is 0.302. The highest BCUT2D eigenvalue weighted by Gasteiger charge is 2.29. The van der Waals surface area contributed by atoms with Gasteiger partial charge in [0, 0.05) is 10.9 Å². The third-order valence-corrected chi connectivity index (χ3v) is 7.53. The highest BCUT2D eigenvalue weighted by atomic mass is 32.2. The Labute approximate surface area is 211 Å². The average molecular weight is 508 g/mol. The third-order valence-electron chi connectivity index (χ3n) is 6.07. The monoisotopic (exact) mass is 507 g/mol. The highest BCUT2D eigenvalue weighted by Crippen LogP contribution is 2.28. The van der Waals surface area contributed by atoms with E-state index in [0.717, 1.165) is 33.4 Å². The zero-order valence-electron chi connectivity index (χ0n) is 20.6. The van der Waals surface area contributed by atoms with Gasteiger partial charge in [-0.25, -0.2) is 8.42 Å². The van der Waals surface area contributed by atoms with Crippen LogP contribution in [0.4, 0.5) is 0 Å². The van der Waals surface area contributed by atoms with E-state index in [4.69, 9.17) is 13.9 Å². The molecular weight excluding hydrogens is 478 g/mol. The molecule has 7 nitrogen and oxygen atoms in total. The zero-order chi connectivity index (χ0) is 25.9. The van der Waals surface area contributed by atoms with Gasteiger partial charge in [-0.3, -0.25) is 4.79 Å². The fourth-order valence-electron chi connectivity index (χ4n) is 3.90. The van der Waals surface area contributed by atoms with Gasteiger partial charge in [0.1, 0.15) is 29.7 Å². The summed E-state index contributed by atoms with van der Waals surface area (Å²) in [6.45, 7) is 5.84. The standard InChI is InChI=1S/C28H29NO6S/c1-18(2)27(28(30)33-4)29-36(31,32)23-15-11-21(12-16-23)20-9-13-22(14-10-20)34-17-26-19(3)24-7-5-6-8-25(24)35-26/h5-16,18,27,29H,17H2,1-4H3. The zero-order valence-corrected chi connectivity index (χ0v) is 21.5. The summed E-state index contributed by atoms with van der Waals surface area (Å²) in [6, 6.07) is 21.0. The predicted molar refractivity (Wildman–Crippen MR) is 138 cm³/mol. The van der Waals surface area contributed by atoms with Crippen molar-refractivity contribution in [3.05, 3.63) is 84.1 Å². The van der Waals surface area contributed by atoms with E-state index >= 15 is 0 Å². The summed E-state index contributed by atoms with van der Waals surface area (Å²) >= 11 is 0. The summed E-state index contributed by atoms with van der Waals surface area (Å²) in [7, 11) is -2.66. The highest BCUT2D eigenvalue weighted by molar-refractivity contribution is 7.89. The molecule has 1 atom stereocenters. The first-order valence-electron chi connectivity index (χ1n) is 11.6. The molecule has 0 aliphatic carbocycles. The minimum absolute atomic E-state index is 0.0713. The SMILES string of the molecule is COC(=O)C(NS(=O)(=O)c1ccc(-c2ccc(OCc3oc4ccccc4c3C)cc2)cc1)C(C)C. The van der Waals surface area contributed by atoms with E-state index < -0.39 is 22.0 Å². The maximum absolute atomic E-state index is 12.8. The third kappa shape index (κ3) is 5.45. The number of hydrogen-bond donors (Lipinski definition) is 1. The topological polar surface area (TPSA) is 94.8 Å². The summed E-state index contributed by atoms with van der Waals surface area (Å²) in [4.78, 5) is 12.0. The molecule has 0 bridgehead atoms. The van der Waals surface area contributed by atoms with Crippen molar-refractivity contribution in [2.24, 2.45) is 5.92 Å². The Bertz CT molecular complexity index is 1450. The number of rotatable bonds is 9. The molecule has 0 saturated carbocycles. The molecule has 0 saturated heterocycles. The van der Waals surface area contributed by atoms with Gasteiger partial charge in [0.25, 0.3) is 0 Å². The van der Waals surface area contributed by atoms with Crippen molar-refractivity contribution >= 4 is 27.0 Å². The molecule has 0 radical (unpaired) electrons. The molecule has 36 heavy (non-hydrogen) atoms. The van der Waals surface area contributed by atoms with Gasteiger partial charge >= 0.3 is 5.97 Å². The molecule has 0 spiro atoms. The Morgan fingerprint density at radius 3 is 2.14 bits per heavy atom. The second kappa shape index (κ2) is 10.6. The molecule has 0 aliphatic heterocycles. The number of ether oxygens (including phenoxy) is 2. The van der Waals surface area contributed by atoms with Crippen LogP contribution in [0.1, 0.15) is 25.2 Å². The Hall–Kier alpha value is -3.62. The first kappa shape index (κ1) is 25.5. The number of carbonyl (C=O) groups excluding carboxylic acids is 1. The normalized spacial score (nSPS) is 12.6. The number of carbonyl (C=O) groups is 1. The number of methoxy groups -OCH3 is 1. The van der Waals surface area contributed by atoms with E-state index in [1.165, 1.54) is 19.2 Å². The molecule has 0 amide bonds. The van der Waals surface area contributed by atoms with Gasteiger partial charge in [-0.1, -0.05) is 56.3 Å². The van der Waals surface area contributed by atoms with Gasteiger partial charge in [-0.15, -0.1) is 0 Å². The Balaban J connectivity index is 1.43. The summed E-state index contributed by atoms with van der Waals surface area (Å²) in [6.07, 6.45) is 0. The minimum Gasteiger partial charge on any atom is -0.486 e. The number of hydrogen-bond acceptors (Lipinski definition) is 6. The van der Waals surface area contributed by atoms with Crippen LogP contribution in [-0.4, -0.2) is 27.5 Å². The van der Waals surface area contributed by atoms with E-state index in [1.54, 1.807) is 26.0 Å². The number of furan rings is 1. The maximum Gasteiger partial charge on any atom is 0.324 e. The summed E-state index contributed by atoms with van der Waals surface area (Å²) in [5.41, 5.74) is 3.67. The van der Waals surface area contributed by atoms with E-state index in [2.05, 4.69) is 4.72 Å². The van der Waals surface area contributed by atoms with Crippen molar-refractivity contribution in [3.8, 4) is 16.9 Å². The lowest BCUT2D eigenvalue weighted by atomic mass is 10.1. The van der Waals surface area contributed by atoms with E-state index in [-0.39, 0.29) is 10.8 Å². The van der Waals surface area contributed by atoms with Crippen molar-refractivity contribution in [2.45, 2.75) is 38.3 Å². The molecule has 3 aromatic carbocycles. The maximum atomic E-state index is 12.8. The number of esters is 1. The number of fused-ring (bicyclic) bond motifs is 1. The van der Waals surface area contributed by atoms with Crippen molar-refractivity contribution in [1.29, 1.82) is 0 Å². The van der Waals surface area contributed by atoms with Crippen LogP contribution in [-0.2, 0) is 26.2 Å². The number of benzene rings is 3. The van der Waals surface area contributed by atoms with Gasteiger partial charge in [0.2, 0.25) is 10.0 Å². The van der Waals surface area contributed by atoms with Gasteiger partial charge < -0.3 is 13.9 Å². The van der Waals surface area contributed by atoms with Crippen LogP contribution in [0.15, 0.2) is 82.1 Å². The molecule has 188 valence electrons. The molecule has 4 rings (SSSR count). The van der Waals surface area contributed by atoms with E-state index in [1.807, 2.05) is 55.5 Å². The molecule has 8 heteroatoms. The molecule has 1 heterocycles. The Morgan fingerprint density at radius 1 is 0.944 bits per heavy atom. The largest absolute Gasteiger partial charge is 0.486 e. The van der Waals surface area contributed by atoms with Crippen molar-refractivity contribution in [1.82, 2.24) is 4.72 Å². The van der Waals surface area contributed by atoms with Crippen LogP contribution < -0.4 is 9.46 Å². The lowest BCUT2D eigenvalue weighted by Gasteiger charge is -2.19. The van der Waals surface area contributed by atoms with Crippen LogP contribution >= 0.6 is 0 Å². The number of para-hydroxylation sites is 1. The molecule has 1 unspecified atom stereocenters. The number of aryl methyl sites for hydroxylation is 1. The van der Waals surface area contributed by atoms with Gasteiger partial charge in [-0.2, -0.15) is 4.72 Å². The van der Waals surface area contributed by atoms with Crippen molar-refractivity contribution < 1.29 is 27.1 Å². The van der Waals surface area contributed by atoms with Crippen LogP contribution in [0.3, 0.4) is 0 Å². The van der Waals surface area contributed by atoms with Crippen LogP contribution in [0.25, 0.3) is 22.1 Å². The fraction of sp³-hybridized carbons (Fsp3) is 0.250. The number of nitrogens with one attached hydrogen (secondary N) is 1. The first-order chi connectivity index (χ1) is 17.2. The van der Waals surface area contributed by atoms with E-state index in [9.17, 15) is 13.2 Å². The Kier molecular flexibility index (Phi) is 7.47. The minimum atomic E-state index is -3.89. The van der Waals surface area contributed by atoms with Gasteiger partial charge in [-0.05, 0) is 54.3 Å². The van der Waals surface area contributed by atoms with Crippen LogP contribution in [0.5, 0.6) is 5.75 Å². The van der Waals surface area contributed by atoms with Crippen molar-refractivity contribution in [2.75, 3.05) is 7.11 Å². The molecule has 0 fully saturated rings. The smallest absolute Gasteiger partial charge is 0.324 e. The number of sulfonamides is 1. The molecule has 1 aromatic heterocycles. The second-order valence-electron chi connectivity index (χ2n) is 8.85. The first-order valence-corrected chi connectivity index (χ1v) is 13.1. The fourth-order valence-corrected chi connectivity index (χ4v) is 5.23. The second-order valence-corrected chi connectivity index (χ2v) is 10.6. The van der Waals surface area contributed by atoms with Crippen molar-refractivity contribution in [3.63, 3.8) is 0 Å². The lowest BCUT2D eigenvalue weighted by molar-refractivity contribution is -0.143. The van der Waals surface area contributed by atoms with Gasteiger partial charge in [0.05, 0.1) is 12.0 Å². The lowest BCUT2D eigenvalue weighted by Crippen LogP contribution is -2.44. The summed E-state index contributed by atoms with van der Waals surface area (Å²) in [5.74, 6) is 0.605. The molecule has 0 aliphatic rings. The predicted octanol–water partition coefficient (Wildman–Crippen LogP) is 5.46. The molecule has 1 N–H and O–H groups in total. The molecule has 4 aromatic rings. The molecular formula is C28H29NO6S. The van der Waals surface area contributed by atoms with E-state index in [0.29, 0.717) is 12.4 Å². The Morgan fingerprint density at radius 2 is 1.56 bits per heavy atom. The van der Waals surface area contributed by atoms with Crippen LogP contribution in [0.2, 0.25) is 0 Å². The van der Waals surface area contributed by atoms with Crippen LogP contribution in [0, 0.1) is 12.8 Å². The van der Waals surface area contributed by atoms with Gasteiger partial charge in [0.15, 0.2) is 0 Å². The summed E-state index contributed by atoms with van der Waals surface area (Å²) < 4.78 is 44.6.